The first-order valence-electron chi connectivity index (χ1n) is 11.7. The molecule has 1 heterocycles. The van der Waals surface area contributed by atoms with E-state index in [1.54, 1.807) is 6.07 Å². The van der Waals surface area contributed by atoms with Crippen LogP contribution in [0.15, 0.2) is 60.2 Å². The van der Waals surface area contributed by atoms with Crippen LogP contribution in [0.5, 0.6) is 17.2 Å². The van der Waals surface area contributed by atoms with Gasteiger partial charge in [-0.05, 0) is 79.1 Å². The summed E-state index contributed by atoms with van der Waals surface area (Å²) >= 11 is 6.42. The van der Waals surface area contributed by atoms with E-state index in [0.29, 0.717) is 11.3 Å². The Hall–Kier alpha value is -4.83. The number of nitrogens with zero attached hydrogens (tertiary/aromatic N) is 1. The Morgan fingerprint density at radius 1 is 1.10 bits per heavy atom. The quantitative estimate of drug-likeness (QED) is 0.294. The van der Waals surface area contributed by atoms with Crippen molar-refractivity contribution in [3.8, 4) is 17.2 Å². The van der Waals surface area contributed by atoms with E-state index >= 15 is 0 Å². The van der Waals surface area contributed by atoms with Crippen molar-refractivity contribution in [3.63, 3.8) is 0 Å². The summed E-state index contributed by atoms with van der Waals surface area (Å²) in [4.78, 5) is 51.2. The second kappa shape index (κ2) is 11.3. The molecule has 5 amide bonds. The summed E-state index contributed by atoms with van der Waals surface area (Å²) < 4.78 is 11.0. The number of carbonyl (C=O) groups excluding carboxylic acids is 4. The monoisotopic (exact) mass is 549 g/mol. The molecular weight excluding hydrogens is 526 g/mol. The molecule has 0 bridgehead atoms. The average molecular weight is 550 g/mol. The van der Waals surface area contributed by atoms with Gasteiger partial charge in [0.2, 0.25) is 0 Å². The maximum absolute atomic E-state index is 13.1. The zero-order chi connectivity index (χ0) is 28.3. The zero-order valence-electron chi connectivity index (χ0n) is 21.2. The van der Waals surface area contributed by atoms with Gasteiger partial charge in [0.1, 0.15) is 11.3 Å². The van der Waals surface area contributed by atoms with Gasteiger partial charge in [-0.15, -0.1) is 0 Å². The number of hydrogen-bond acceptors (Lipinski definition) is 7. The van der Waals surface area contributed by atoms with Crippen LogP contribution >= 0.6 is 11.6 Å². The highest BCUT2D eigenvalue weighted by atomic mass is 35.5. The van der Waals surface area contributed by atoms with Crippen molar-refractivity contribution in [2.24, 2.45) is 0 Å². The Morgan fingerprint density at radius 2 is 1.82 bits per heavy atom. The summed E-state index contributed by atoms with van der Waals surface area (Å²) in [5, 5.41) is 14.5. The molecule has 1 fully saturated rings. The first kappa shape index (κ1) is 27.2. The van der Waals surface area contributed by atoms with Gasteiger partial charge in [-0.2, -0.15) is 0 Å². The summed E-state index contributed by atoms with van der Waals surface area (Å²) in [5.74, 6) is -1.97. The Balaban J connectivity index is 1.55. The van der Waals surface area contributed by atoms with E-state index in [2.05, 4.69) is 10.6 Å². The SMILES string of the molecule is COc1cc(/C=C2/C(=O)NC(=O)N(c3ccc(O)cc3)C2=O)cc(Cl)c1OCC(=O)Nc1cccc(C)c1C. The van der Waals surface area contributed by atoms with Crippen LogP contribution in [0.25, 0.3) is 6.08 Å². The van der Waals surface area contributed by atoms with Gasteiger partial charge < -0.3 is 19.9 Å². The molecule has 1 aliphatic rings. The van der Waals surface area contributed by atoms with Crippen molar-refractivity contribution < 1.29 is 33.8 Å². The maximum atomic E-state index is 13.1. The number of hydrogen-bond donors (Lipinski definition) is 3. The number of aryl methyl sites for hydroxylation is 1. The number of rotatable bonds is 7. The minimum absolute atomic E-state index is 0.0535. The number of halogens is 1. The highest BCUT2D eigenvalue weighted by Gasteiger charge is 2.37. The number of imide groups is 2. The van der Waals surface area contributed by atoms with Crippen LogP contribution in [0.4, 0.5) is 16.2 Å². The first-order valence-corrected chi connectivity index (χ1v) is 12.0. The van der Waals surface area contributed by atoms with Crippen LogP contribution < -0.4 is 25.0 Å². The van der Waals surface area contributed by atoms with Crippen LogP contribution in [0.2, 0.25) is 5.02 Å². The fourth-order valence-corrected chi connectivity index (χ4v) is 4.11. The molecule has 3 aromatic carbocycles. The number of anilines is 2. The standard InChI is InChI=1S/C28H24ClN3O7/c1-15-5-4-6-22(16(15)2)30-24(34)14-39-25-21(29)12-17(13-23(25)38-3)11-20-26(35)31-28(37)32(27(20)36)18-7-9-19(33)10-8-18/h4-13,33H,14H2,1-3H3,(H,30,34)(H,31,35,37)/b20-11-. The van der Waals surface area contributed by atoms with Gasteiger partial charge in [0.05, 0.1) is 17.8 Å². The summed E-state index contributed by atoms with van der Waals surface area (Å²) in [6, 6.07) is 12.9. The van der Waals surface area contributed by atoms with E-state index in [1.807, 2.05) is 26.0 Å². The number of phenols is 1. The lowest BCUT2D eigenvalue weighted by Gasteiger charge is -2.26. The van der Waals surface area contributed by atoms with Gasteiger partial charge in [-0.3, -0.25) is 19.7 Å². The smallest absolute Gasteiger partial charge is 0.335 e. The number of phenolic OH excluding ortho intramolecular Hbond substituents is 1. The van der Waals surface area contributed by atoms with Crippen molar-refractivity contribution in [2.45, 2.75) is 13.8 Å². The molecule has 0 unspecified atom stereocenters. The summed E-state index contributed by atoms with van der Waals surface area (Å²) in [6.45, 7) is 3.49. The number of urea groups is 1. The number of ether oxygens (including phenoxy) is 2. The molecule has 0 saturated carbocycles. The molecule has 1 aliphatic heterocycles. The Morgan fingerprint density at radius 3 is 2.51 bits per heavy atom. The third-order valence-electron chi connectivity index (χ3n) is 6.00. The lowest BCUT2D eigenvalue weighted by atomic mass is 10.1. The van der Waals surface area contributed by atoms with Crippen molar-refractivity contribution in [2.75, 3.05) is 23.9 Å². The Bertz CT molecular complexity index is 1520. The number of carbonyl (C=O) groups is 4. The second-order valence-electron chi connectivity index (χ2n) is 8.59. The predicted octanol–water partition coefficient (Wildman–Crippen LogP) is 4.35. The van der Waals surface area contributed by atoms with Crippen molar-refractivity contribution in [1.82, 2.24) is 5.32 Å². The highest BCUT2D eigenvalue weighted by molar-refractivity contribution is 6.39. The van der Waals surface area contributed by atoms with Crippen LogP contribution in [0, 0.1) is 13.8 Å². The summed E-state index contributed by atoms with van der Waals surface area (Å²) in [5.41, 5.74) is 2.77. The molecule has 0 radical (unpaired) electrons. The molecule has 3 aromatic rings. The Labute approximate surface area is 228 Å². The van der Waals surface area contributed by atoms with Crippen LogP contribution in [0.1, 0.15) is 16.7 Å². The van der Waals surface area contributed by atoms with Gasteiger partial charge in [0.25, 0.3) is 17.7 Å². The van der Waals surface area contributed by atoms with E-state index in [4.69, 9.17) is 21.1 Å². The number of amides is 5. The molecule has 11 heteroatoms. The lowest BCUT2D eigenvalue weighted by Crippen LogP contribution is -2.54. The molecule has 0 spiro atoms. The summed E-state index contributed by atoms with van der Waals surface area (Å²) in [6.07, 6.45) is 1.25. The van der Waals surface area contributed by atoms with Crippen LogP contribution in [0.3, 0.4) is 0 Å². The Kier molecular flexibility index (Phi) is 7.87. The first-order chi connectivity index (χ1) is 18.6. The van der Waals surface area contributed by atoms with Gasteiger partial charge >= 0.3 is 6.03 Å². The van der Waals surface area contributed by atoms with Gasteiger partial charge in [-0.1, -0.05) is 23.7 Å². The highest BCUT2D eigenvalue weighted by Crippen LogP contribution is 2.37. The molecule has 200 valence electrons. The van der Waals surface area contributed by atoms with Crippen molar-refractivity contribution in [3.05, 3.63) is 81.9 Å². The van der Waals surface area contributed by atoms with Gasteiger partial charge in [0, 0.05) is 5.69 Å². The van der Waals surface area contributed by atoms with E-state index in [9.17, 15) is 24.3 Å². The van der Waals surface area contributed by atoms with Gasteiger partial charge in [0.15, 0.2) is 18.1 Å². The molecule has 0 atom stereocenters. The second-order valence-corrected chi connectivity index (χ2v) is 9.00. The molecule has 4 rings (SSSR count). The van der Waals surface area contributed by atoms with E-state index in [-0.39, 0.29) is 40.1 Å². The van der Waals surface area contributed by atoms with E-state index in [1.165, 1.54) is 49.6 Å². The number of aromatic hydroxyl groups is 1. The van der Waals surface area contributed by atoms with Crippen molar-refractivity contribution in [1.29, 1.82) is 0 Å². The molecule has 0 aromatic heterocycles. The minimum Gasteiger partial charge on any atom is -0.508 e. The number of methoxy groups -OCH3 is 1. The normalized spacial score (nSPS) is 14.3. The molecule has 0 aliphatic carbocycles. The minimum atomic E-state index is -0.925. The number of nitrogens with one attached hydrogen (secondary N) is 2. The molecular formula is C28H24ClN3O7. The molecule has 39 heavy (non-hydrogen) atoms. The zero-order valence-corrected chi connectivity index (χ0v) is 22.0. The predicted molar refractivity (Wildman–Crippen MR) is 145 cm³/mol. The fourth-order valence-electron chi connectivity index (χ4n) is 3.83. The maximum Gasteiger partial charge on any atom is 0.335 e. The largest absolute Gasteiger partial charge is 0.508 e. The third kappa shape index (κ3) is 5.86. The lowest BCUT2D eigenvalue weighted by molar-refractivity contribution is -0.122. The molecule has 3 N–H and O–H groups in total. The average Bonchev–Trinajstić information content (AvgIpc) is 2.89. The third-order valence-corrected chi connectivity index (χ3v) is 6.28. The van der Waals surface area contributed by atoms with Crippen LogP contribution in [-0.2, 0) is 14.4 Å². The number of barbiturate groups is 1. The van der Waals surface area contributed by atoms with E-state index < -0.39 is 23.8 Å². The van der Waals surface area contributed by atoms with Gasteiger partial charge in [-0.25, -0.2) is 9.69 Å². The molecule has 10 nitrogen and oxygen atoms in total. The topological polar surface area (TPSA) is 134 Å². The van der Waals surface area contributed by atoms with Crippen LogP contribution in [-0.4, -0.2) is 42.6 Å². The van der Waals surface area contributed by atoms with E-state index in [0.717, 1.165) is 16.0 Å². The molecule has 1 saturated heterocycles. The van der Waals surface area contributed by atoms with Crippen molar-refractivity contribution >= 4 is 52.8 Å². The number of benzene rings is 3. The fraction of sp³-hybridized carbons (Fsp3) is 0.143. The summed E-state index contributed by atoms with van der Waals surface area (Å²) in [7, 11) is 1.37.